The highest BCUT2D eigenvalue weighted by molar-refractivity contribution is 5.74. The number of aromatic nitrogens is 3. The van der Waals surface area contributed by atoms with Crippen molar-refractivity contribution in [1.29, 1.82) is 0 Å². The van der Waals surface area contributed by atoms with Crippen molar-refractivity contribution in [1.82, 2.24) is 15.0 Å². The predicted octanol–water partition coefficient (Wildman–Crippen LogP) is 4.27. The van der Waals surface area contributed by atoms with Crippen molar-refractivity contribution in [3.8, 4) is 34.1 Å². The number of nitrogens with zero attached hydrogens (tertiary/aromatic N) is 3. The van der Waals surface area contributed by atoms with Crippen LogP contribution in [0.4, 0.5) is 0 Å². The maximum absolute atomic E-state index is 5.43. The summed E-state index contributed by atoms with van der Waals surface area (Å²) in [7, 11) is 0. The number of rotatable bonds is 3. The highest BCUT2D eigenvalue weighted by Gasteiger charge is 2.16. The molecule has 0 saturated carbocycles. The lowest BCUT2D eigenvalue weighted by Crippen LogP contribution is -1.92. The van der Waals surface area contributed by atoms with Crippen LogP contribution in [0.15, 0.2) is 77.3 Å². The first-order chi connectivity index (χ1) is 11.4. The lowest BCUT2D eigenvalue weighted by atomic mass is 10.1. The minimum Gasteiger partial charge on any atom is -0.428 e. The van der Waals surface area contributed by atoms with E-state index < -0.39 is 0 Å². The predicted molar refractivity (Wildman–Crippen MR) is 87.2 cm³/mol. The van der Waals surface area contributed by atoms with E-state index >= 15 is 0 Å². The van der Waals surface area contributed by atoms with E-state index in [-0.39, 0.29) is 0 Å². The Morgan fingerprint density at radius 3 is 2.22 bits per heavy atom. The van der Waals surface area contributed by atoms with Crippen LogP contribution in [0.1, 0.15) is 0 Å². The summed E-state index contributed by atoms with van der Waals surface area (Å²) in [6.07, 6.45) is 4.27. The van der Waals surface area contributed by atoms with Crippen molar-refractivity contribution < 1.29 is 4.42 Å². The van der Waals surface area contributed by atoms with Gasteiger partial charge in [-0.3, -0.25) is 0 Å². The molecule has 0 bridgehead atoms. The molecule has 1 radical (unpaired) electrons. The molecule has 0 spiro atoms. The van der Waals surface area contributed by atoms with Crippen LogP contribution in [0.5, 0.6) is 0 Å². The third-order valence-electron chi connectivity index (χ3n) is 3.50. The molecule has 4 aromatic rings. The molecule has 109 valence electrons. The van der Waals surface area contributed by atoms with Gasteiger partial charge < -0.3 is 4.42 Å². The Bertz CT molecular complexity index is 918. The average molecular weight is 298 g/mol. The van der Waals surface area contributed by atoms with Crippen LogP contribution in [0, 0.1) is 6.39 Å². The second-order valence-corrected chi connectivity index (χ2v) is 4.98. The molecular weight excluding hydrogens is 286 g/mol. The summed E-state index contributed by atoms with van der Waals surface area (Å²) >= 11 is 0. The summed E-state index contributed by atoms with van der Waals surface area (Å²) in [5, 5.41) is 0. The van der Waals surface area contributed by atoms with Crippen LogP contribution in [0.25, 0.3) is 34.1 Å². The van der Waals surface area contributed by atoms with Crippen molar-refractivity contribution >= 4 is 0 Å². The molecule has 0 N–H and O–H groups in total. The van der Waals surface area contributed by atoms with E-state index in [2.05, 4.69) is 21.3 Å². The van der Waals surface area contributed by atoms with Crippen LogP contribution in [0.2, 0.25) is 0 Å². The minimum absolute atomic E-state index is 0.499. The van der Waals surface area contributed by atoms with Crippen LogP contribution in [-0.2, 0) is 0 Å². The zero-order valence-corrected chi connectivity index (χ0v) is 12.2. The van der Waals surface area contributed by atoms with Gasteiger partial charge in [0.2, 0.25) is 5.76 Å². The van der Waals surface area contributed by atoms with E-state index in [9.17, 15) is 0 Å². The maximum Gasteiger partial charge on any atom is 0.284 e. The fourth-order valence-electron chi connectivity index (χ4n) is 2.39. The monoisotopic (exact) mass is 298 g/mol. The van der Waals surface area contributed by atoms with Crippen molar-refractivity contribution in [2.75, 3.05) is 0 Å². The largest absolute Gasteiger partial charge is 0.428 e. The molecule has 4 heteroatoms. The first kappa shape index (κ1) is 13.4. The fourth-order valence-corrected chi connectivity index (χ4v) is 2.39. The second-order valence-electron chi connectivity index (χ2n) is 4.98. The highest BCUT2D eigenvalue weighted by atomic mass is 16.3. The Morgan fingerprint density at radius 1 is 0.783 bits per heavy atom. The number of oxazole rings is 1. The Morgan fingerprint density at radius 2 is 1.48 bits per heavy atom. The van der Waals surface area contributed by atoms with E-state index in [4.69, 9.17) is 4.42 Å². The van der Waals surface area contributed by atoms with Crippen molar-refractivity contribution in [2.45, 2.75) is 0 Å². The molecule has 4 nitrogen and oxygen atoms in total. The smallest absolute Gasteiger partial charge is 0.284 e. The zero-order valence-electron chi connectivity index (χ0n) is 12.2. The third kappa shape index (κ3) is 2.62. The highest BCUT2D eigenvalue weighted by Crippen LogP contribution is 2.29. The number of benzene rings is 2. The Hall–Kier alpha value is -3.27. The van der Waals surface area contributed by atoms with E-state index in [1.54, 1.807) is 6.20 Å². The van der Waals surface area contributed by atoms with Gasteiger partial charge in [0.1, 0.15) is 5.69 Å². The van der Waals surface area contributed by atoms with Gasteiger partial charge in [0, 0.05) is 17.3 Å². The summed E-state index contributed by atoms with van der Waals surface area (Å²) in [4.78, 5) is 13.1. The van der Waals surface area contributed by atoms with Crippen LogP contribution >= 0.6 is 0 Å². The molecule has 23 heavy (non-hydrogen) atoms. The van der Waals surface area contributed by atoms with E-state index in [0.717, 1.165) is 16.8 Å². The summed E-state index contributed by atoms with van der Waals surface area (Å²) in [6.45, 7) is 0. The summed E-state index contributed by atoms with van der Waals surface area (Å²) in [5.74, 6) is 1.02. The minimum atomic E-state index is 0.499. The van der Waals surface area contributed by atoms with Gasteiger partial charge in [-0.25, -0.2) is 15.0 Å². The molecular formula is C19H12N3O. The van der Waals surface area contributed by atoms with Gasteiger partial charge in [-0.1, -0.05) is 60.7 Å². The molecule has 0 unspecified atom stereocenters. The molecule has 0 aliphatic carbocycles. The van der Waals surface area contributed by atoms with Crippen LogP contribution in [-0.4, -0.2) is 15.0 Å². The molecule has 0 amide bonds. The molecule has 0 aliphatic rings. The van der Waals surface area contributed by atoms with Gasteiger partial charge in [0.15, 0.2) is 5.82 Å². The quantitative estimate of drug-likeness (QED) is 0.567. The van der Waals surface area contributed by atoms with Gasteiger partial charge in [-0.05, 0) is 6.07 Å². The lowest BCUT2D eigenvalue weighted by molar-refractivity contribution is 0.557. The van der Waals surface area contributed by atoms with Gasteiger partial charge in [-0.2, -0.15) is 0 Å². The Kier molecular flexibility index (Phi) is 3.41. The Labute approximate surface area is 133 Å². The van der Waals surface area contributed by atoms with Crippen LogP contribution in [0.3, 0.4) is 0 Å². The summed E-state index contributed by atoms with van der Waals surface area (Å²) < 4.78 is 5.43. The van der Waals surface area contributed by atoms with Crippen LogP contribution < -0.4 is 0 Å². The molecule has 0 aliphatic heterocycles. The number of hydrogen-bond acceptors (Lipinski definition) is 4. The zero-order chi connectivity index (χ0) is 15.5. The first-order valence-corrected chi connectivity index (χ1v) is 7.23. The standard InChI is InChI=1S/C19H12N3O/c1-3-7-14(8-4-1)16-11-12-20-19(22-16)18-17(21-13-23-18)15-9-5-2-6-10-15/h1-12H. The number of hydrogen-bond donors (Lipinski definition) is 0. The van der Waals surface area contributed by atoms with Crippen molar-refractivity contribution in [3.63, 3.8) is 0 Å². The third-order valence-corrected chi connectivity index (χ3v) is 3.50. The van der Waals surface area contributed by atoms with Crippen molar-refractivity contribution in [2.24, 2.45) is 0 Å². The molecule has 2 heterocycles. The van der Waals surface area contributed by atoms with Gasteiger partial charge in [0.05, 0.1) is 5.69 Å². The maximum atomic E-state index is 5.43. The summed E-state index contributed by atoms with van der Waals surface area (Å²) in [5.41, 5.74) is 3.50. The lowest BCUT2D eigenvalue weighted by Gasteiger charge is -2.03. The van der Waals surface area contributed by atoms with Gasteiger partial charge in [-0.15, -0.1) is 0 Å². The van der Waals surface area contributed by atoms with Gasteiger partial charge >= 0.3 is 0 Å². The molecule has 2 aromatic carbocycles. The normalized spacial score (nSPS) is 10.6. The second kappa shape index (κ2) is 5.85. The molecule has 0 saturated heterocycles. The first-order valence-electron chi connectivity index (χ1n) is 7.23. The average Bonchev–Trinajstić information content (AvgIpc) is 3.13. The van der Waals surface area contributed by atoms with E-state index in [1.807, 2.05) is 66.7 Å². The van der Waals surface area contributed by atoms with Gasteiger partial charge in [0.25, 0.3) is 6.39 Å². The van der Waals surface area contributed by atoms with E-state index in [1.165, 1.54) is 0 Å². The summed E-state index contributed by atoms with van der Waals surface area (Å²) in [6, 6.07) is 21.6. The SMILES string of the molecule is [c]1nc(-c2ccccc2)c(-c2nccc(-c3ccccc3)n2)o1. The van der Waals surface area contributed by atoms with Crippen molar-refractivity contribution in [3.05, 3.63) is 79.3 Å². The van der Waals surface area contributed by atoms with E-state index in [0.29, 0.717) is 17.3 Å². The molecule has 2 aromatic heterocycles. The topological polar surface area (TPSA) is 51.8 Å². The fraction of sp³-hybridized carbons (Fsp3) is 0. The molecule has 0 fully saturated rings. The Balaban J connectivity index is 1.80. The molecule has 4 rings (SSSR count). The molecule has 0 atom stereocenters.